The van der Waals surface area contributed by atoms with E-state index in [2.05, 4.69) is 15.5 Å². The van der Waals surface area contributed by atoms with Crippen LogP contribution in [0.25, 0.3) is 0 Å². The third-order valence-corrected chi connectivity index (χ3v) is 3.50. The van der Waals surface area contributed by atoms with Crippen LogP contribution in [-0.4, -0.2) is 56.4 Å². The fraction of sp³-hybridized carbons (Fsp3) is 0.786. The first kappa shape index (κ1) is 18.4. The summed E-state index contributed by atoms with van der Waals surface area (Å²) in [7, 11) is 1.62. The van der Waals surface area contributed by atoms with Crippen molar-refractivity contribution in [2.24, 2.45) is 7.05 Å². The van der Waals surface area contributed by atoms with Crippen molar-refractivity contribution in [2.45, 2.75) is 45.8 Å². The van der Waals surface area contributed by atoms with Gasteiger partial charge in [0, 0.05) is 26.7 Å². The number of carbonyl (C=O) groups excluding carboxylic acids is 1. The number of aliphatic hydroxyl groups excluding tert-OH is 1. The Labute approximate surface area is 130 Å². The zero-order valence-corrected chi connectivity index (χ0v) is 13.8. The lowest BCUT2D eigenvalue weighted by molar-refractivity contribution is -0.140. The van der Waals surface area contributed by atoms with Crippen molar-refractivity contribution in [3.05, 3.63) is 16.3 Å². The molecule has 2 atom stereocenters. The normalized spacial score (nSPS) is 13.9. The highest BCUT2D eigenvalue weighted by atomic mass is 16.3. The fourth-order valence-corrected chi connectivity index (χ4v) is 2.30. The summed E-state index contributed by atoms with van der Waals surface area (Å²) in [5, 5.41) is 19.4. The Balaban J connectivity index is 2.57. The van der Waals surface area contributed by atoms with Gasteiger partial charge in [-0.2, -0.15) is 5.10 Å². The zero-order valence-electron chi connectivity index (χ0n) is 13.8. The second-order valence-electron chi connectivity index (χ2n) is 5.42. The van der Waals surface area contributed by atoms with E-state index < -0.39 is 6.10 Å². The van der Waals surface area contributed by atoms with E-state index in [1.165, 1.54) is 4.57 Å². The topological polar surface area (TPSA) is 103 Å². The van der Waals surface area contributed by atoms with Crippen LogP contribution in [0.4, 0.5) is 0 Å². The molecule has 8 heteroatoms. The monoisotopic (exact) mass is 313 g/mol. The number of H-pyrrole nitrogens is 1. The minimum Gasteiger partial charge on any atom is -0.382 e. The van der Waals surface area contributed by atoms with E-state index in [-0.39, 0.29) is 24.2 Å². The molecular weight excluding hydrogens is 286 g/mol. The summed E-state index contributed by atoms with van der Waals surface area (Å²) in [6.07, 6.45) is 0.617. The van der Waals surface area contributed by atoms with Gasteiger partial charge >= 0.3 is 5.69 Å². The molecule has 0 radical (unpaired) electrons. The van der Waals surface area contributed by atoms with Crippen LogP contribution in [0, 0.1) is 0 Å². The first-order chi connectivity index (χ1) is 10.4. The predicted molar refractivity (Wildman–Crippen MR) is 83.4 cm³/mol. The van der Waals surface area contributed by atoms with Crippen LogP contribution in [0.1, 0.15) is 45.5 Å². The highest BCUT2D eigenvalue weighted by Gasteiger charge is 2.22. The number of aromatic amines is 1. The van der Waals surface area contributed by atoms with Gasteiger partial charge in [-0.05, 0) is 19.8 Å². The molecular formula is C14H27N5O3. The van der Waals surface area contributed by atoms with Gasteiger partial charge in [0.05, 0.1) is 6.04 Å². The number of carbonyl (C=O) groups is 1. The number of nitrogens with one attached hydrogen (secondary N) is 2. The Bertz CT molecular complexity index is 519. The molecule has 0 aliphatic carbocycles. The molecule has 0 saturated carbocycles. The number of aromatic nitrogens is 3. The molecule has 0 saturated heterocycles. The van der Waals surface area contributed by atoms with Gasteiger partial charge in [-0.1, -0.05) is 13.8 Å². The largest absolute Gasteiger partial charge is 0.382 e. The highest BCUT2D eigenvalue weighted by molar-refractivity contribution is 5.80. The third-order valence-electron chi connectivity index (χ3n) is 3.50. The van der Waals surface area contributed by atoms with Crippen LogP contribution in [0.3, 0.4) is 0 Å². The van der Waals surface area contributed by atoms with Crippen LogP contribution in [0.2, 0.25) is 0 Å². The van der Waals surface area contributed by atoms with Gasteiger partial charge in [0.2, 0.25) is 0 Å². The quantitative estimate of drug-likeness (QED) is 0.584. The minimum atomic E-state index is -1.10. The Morgan fingerprint density at radius 3 is 2.45 bits per heavy atom. The number of hydrogen-bond acceptors (Lipinski definition) is 5. The van der Waals surface area contributed by atoms with E-state index in [0.717, 1.165) is 12.8 Å². The molecule has 0 aliphatic rings. The maximum Gasteiger partial charge on any atom is 0.343 e. The first-order valence-corrected chi connectivity index (χ1v) is 7.73. The number of rotatable bonds is 9. The average Bonchev–Trinajstić information content (AvgIpc) is 2.83. The first-order valence-electron chi connectivity index (χ1n) is 7.73. The number of nitrogens with zero attached hydrogens (tertiary/aromatic N) is 3. The van der Waals surface area contributed by atoms with Crippen molar-refractivity contribution in [3.63, 3.8) is 0 Å². The van der Waals surface area contributed by atoms with Crippen LogP contribution in [-0.2, 0) is 11.8 Å². The molecule has 22 heavy (non-hydrogen) atoms. The number of amides is 1. The predicted octanol–water partition coefficient (Wildman–Crippen LogP) is -0.231. The number of hydrogen-bond donors (Lipinski definition) is 3. The van der Waals surface area contributed by atoms with Crippen molar-refractivity contribution < 1.29 is 9.90 Å². The van der Waals surface area contributed by atoms with E-state index in [0.29, 0.717) is 18.9 Å². The van der Waals surface area contributed by atoms with Crippen LogP contribution in [0.5, 0.6) is 0 Å². The molecule has 0 aromatic carbocycles. The fourth-order valence-electron chi connectivity index (χ4n) is 2.30. The third kappa shape index (κ3) is 4.67. The lowest BCUT2D eigenvalue weighted by Crippen LogP contribution is -2.45. The standard InChI is InChI=1S/C14H27N5O3/c1-5-7-19(8-6-2)13(21)11(20)9-15-10(3)12-16-17-14(22)18(12)4/h10-11,15,20H,5-9H2,1-4H3,(H,17,22). The summed E-state index contributed by atoms with van der Waals surface area (Å²) >= 11 is 0. The van der Waals surface area contributed by atoms with E-state index in [9.17, 15) is 14.7 Å². The molecule has 1 amide bonds. The lowest BCUT2D eigenvalue weighted by Gasteiger charge is -2.25. The Hall–Kier alpha value is -1.67. The molecule has 0 bridgehead atoms. The van der Waals surface area contributed by atoms with Crippen molar-refractivity contribution in [1.82, 2.24) is 25.0 Å². The molecule has 1 aromatic rings. The highest BCUT2D eigenvalue weighted by Crippen LogP contribution is 2.06. The maximum atomic E-state index is 12.2. The molecule has 1 heterocycles. The lowest BCUT2D eigenvalue weighted by atomic mass is 10.2. The van der Waals surface area contributed by atoms with Crippen LogP contribution in [0.15, 0.2) is 4.79 Å². The van der Waals surface area contributed by atoms with Gasteiger partial charge in [0.15, 0.2) is 0 Å². The van der Waals surface area contributed by atoms with Crippen LogP contribution >= 0.6 is 0 Å². The molecule has 3 N–H and O–H groups in total. The molecule has 0 spiro atoms. The number of aliphatic hydroxyl groups is 1. The van der Waals surface area contributed by atoms with Gasteiger partial charge in [-0.3, -0.25) is 9.36 Å². The second-order valence-corrected chi connectivity index (χ2v) is 5.42. The van der Waals surface area contributed by atoms with Crippen molar-refractivity contribution in [2.75, 3.05) is 19.6 Å². The summed E-state index contributed by atoms with van der Waals surface area (Å²) in [4.78, 5) is 25.2. The van der Waals surface area contributed by atoms with Crippen molar-refractivity contribution >= 4 is 5.91 Å². The van der Waals surface area contributed by atoms with E-state index in [4.69, 9.17) is 0 Å². The summed E-state index contributed by atoms with van der Waals surface area (Å²) in [6, 6.07) is -0.253. The molecule has 2 unspecified atom stereocenters. The van der Waals surface area contributed by atoms with Gasteiger partial charge in [0.25, 0.3) is 5.91 Å². The van der Waals surface area contributed by atoms with Gasteiger partial charge in [-0.15, -0.1) is 0 Å². The Kier molecular flexibility index (Phi) is 7.26. The molecule has 0 aliphatic heterocycles. The van der Waals surface area contributed by atoms with Crippen molar-refractivity contribution in [1.29, 1.82) is 0 Å². The average molecular weight is 313 g/mol. The SMILES string of the molecule is CCCN(CCC)C(=O)C(O)CNC(C)c1n[nH]c(=O)n1C. The summed E-state index contributed by atoms with van der Waals surface area (Å²) in [5.41, 5.74) is -0.294. The molecule has 1 aromatic heterocycles. The van der Waals surface area contributed by atoms with Gasteiger partial charge in [0.1, 0.15) is 11.9 Å². The Morgan fingerprint density at radius 1 is 1.41 bits per heavy atom. The summed E-state index contributed by atoms with van der Waals surface area (Å²) in [5.74, 6) is 0.267. The summed E-state index contributed by atoms with van der Waals surface area (Å²) < 4.78 is 1.40. The maximum absolute atomic E-state index is 12.2. The van der Waals surface area contributed by atoms with Crippen LogP contribution < -0.4 is 11.0 Å². The van der Waals surface area contributed by atoms with Gasteiger partial charge < -0.3 is 15.3 Å². The molecule has 126 valence electrons. The van der Waals surface area contributed by atoms with Crippen molar-refractivity contribution in [3.8, 4) is 0 Å². The van der Waals surface area contributed by atoms with Gasteiger partial charge in [-0.25, -0.2) is 9.89 Å². The zero-order chi connectivity index (χ0) is 16.7. The van der Waals surface area contributed by atoms with E-state index in [1.54, 1.807) is 11.9 Å². The van der Waals surface area contributed by atoms with E-state index in [1.807, 2.05) is 20.8 Å². The van der Waals surface area contributed by atoms with E-state index >= 15 is 0 Å². The minimum absolute atomic E-state index is 0.116. The molecule has 8 nitrogen and oxygen atoms in total. The second kappa shape index (κ2) is 8.70. The molecule has 0 fully saturated rings. The Morgan fingerprint density at radius 2 is 2.00 bits per heavy atom. The molecule has 1 rings (SSSR count). The summed E-state index contributed by atoms with van der Waals surface area (Å²) in [6.45, 7) is 7.23. The smallest absolute Gasteiger partial charge is 0.343 e.